The largest absolute Gasteiger partial charge is 0.497 e. The van der Waals surface area contributed by atoms with E-state index in [1.165, 1.54) is 17.1 Å². The fraction of sp³-hybridized carbons (Fsp3) is 0.355. The maximum absolute atomic E-state index is 14.1. The monoisotopic (exact) mass is 591 g/mol. The van der Waals surface area contributed by atoms with Crippen molar-refractivity contribution in [3.63, 3.8) is 0 Å². The molecular weight excluding hydrogens is 556 g/mol. The molecule has 43 heavy (non-hydrogen) atoms. The van der Waals surface area contributed by atoms with Crippen LogP contribution in [0.25, 0.3) is 0 Å². The molecule has 2 aromatic carbocycles. The number of hydrazone groups is 1. The molecule has 12 heteroatoms. The zero-order valence-corrected chi connectivity index (χ0v) is 24.4. The van der Waals surface area contributed by atoms with E-state index in [2.05, 4.69) is 20.6 Å². The van der Waals surface area contributed by atoms with Gasteiger partial charge in [0.1, 0.15) is 18.0 Å². The Balaban J connectivity index is 1.30. The maximum atomic E-state index is 14.1. The van der Waals surface area contributed by atoms with Crippen LogP contribution in [0.2, 0.25) is 0 Å². The molecular formula is C31H35F2N7O3. The number of rotatable bonds is 9. The molecule has 0 aromatic heterocycles. The Kier molecular flexibility index (Phi) is 9.33. The third-order valence-corrected chi connectivity index (χ3v) is 7.31. The Hall–Kier alpha value is -4.74. The van der Waals surface area contributed by atoms with Gasteiger partial charge in [-0.1, -0.05) is 6.07 Å². The van der Waals surface area contributed by atoms with Crippen molar-refractivity contribution in [3.05, 3.63) is 77.3 Å². The number of amides is 1. The van der Waals surface area contributed by atoms with Gasteiger partial charge in [0.15, 0.2) is 23.3 Å². The fourth-order valence-corrected chi connectivity index (χ4v) is 5.29. The Morgan fingerprint density at radius 3 is 2.86 bits per heavy atom. The minimum absolute atomic E-state index is 0.0128. The van der Waals surface area contributed by atoms with Gasteiger partial charge in [0.05, 0.1) is 25.9 Å². The Morgan fingerprint density at radius 1 is 1.19 bits per heavy atom. The highest BCUT2D eigenvalue weighted by Gasteiger charge is 2.33. The molecule has 3 aliphatic rings. The zero-order chi connectivity index (χ0) is 30.3. The third kappa shape index (κ3) is 7.02. The van der Waals surface area contributed by atoms with Crippen LogP contribution in [0.3, 0.4) is 0 Å². The van der Waals surface area contributed by atoms with E-state index >= 15 is 0 Å². The van der Waals surface area contributed by atoms with Gasteiger partial charge in [-0.15, -0.1) is 0 Å². The van der Waals surface area contributed by atoms with Crippen molar-refractivity contribution in [3.8, 4) is 11.5 Å². The number of carbonyl (C=O) groups is 1. The van der Waals surface area contributed by atoms with Crippen molar-refractivity contribution in [1.29, 1.82) is 0 Å². The van der Waals surface area contributed by atoms with E-state index in [9.17, 15) is 13.6 Å². The lowest BCUT2D eigenvalue weighted by atomic mass is 9.96. The van der Waals surface area contributed by atoms with E-state index in [-0.39, 0.29) is 18.3 Å². The predicted octanol–water partition coefficient (Wildman–Crippen LogP) is 4.46. The number of ether oxygens (including phenoxy) is 2. The molecule has 226 valence electrons. The number of benzene rings is 2. The lowest BCUT2D eigenvalue weighted by molar-refractivity contribution is -0.116. The van der Waals surface area contributed by atoms with E-state index in [1.54, 1.807) is 20.4 Å². The van der Waals surface area contributed by atoms with Gasteiger partial charge in [0.25, 0.3) is 0 Å². The molecule has 0 saturated carbocycles. The lowest BCUT2D eigenvalue weighted by Gasteiger charge is -2.39. The molecule has 1 atom stereocenters. The fourth-order valence-electron chi connectivity index (χ4n) is 5.29. The second-order valence-corrected chi connectivity index (χ2v) is 10.3. The molecule has 0 aliphatic carbocycles. The number of hydrogen-bond acceptors (Lipinski definition) is 8. The van der Waals surface area contributed by atoms with Gasteiger partial charge in [0.2, 0.25) is 5.91 Å². The van der Waals surface area contributed by atoms with Crippen LogP contribution in [-0.4, -0.2) is 73.6 Å². The summed E-state index contributed by atoms with van der Waals surface area (Å²) in [7, 11) is 3.28. The van der Waals surface area contributed by atoms with Gasteiger partial charge < -0.3 is 25.0 Å². The van der Waals surface area contributed by atoms with Gasteiger partial charge >= 0.3 is 0 Å². The molecule has 5 rings (SSSR count). The highest BCUT2D eigenvalue weighted by Crippen LogP contribution is 2.28. The normalized spacial score (nSPS) is 19.0. The summed E-state index contributed by atoms with van der Waals surface area (Å²) in [4.78, 5) is 24.5. The summed E-state index contributed by atoms with van der Waals surface area (Å²) in [5.74, 6) is 0.377. The van der Waals surface area contributed by atoms with Crippen molar-refractivity contribution in [2.24, 2.45) is 15.1 Å². The lowest BCUT2D eigenvalue weighted by Crippen LogP contribution is -2.52. The van der Waals surface area contributed by atoms with Crippen LogP contribution in [0.1, 0.15) is 31.7 Å². The number of nitrogens with one attached hydrogen (secondary N) is 2. The number of aliphatic imine (C=N–C) groups is 2. The van der Waals surface area contributed by atoms with Crippen LogP contribution in [0.5, 0.6) is 11.5 Å². The molecule has 1 amide bonds. The molecule has 10 nitrogen and oxygen atoms in total. The summed E-state index contributed by atoms with van der Waals surface area (Å²) in [5.41, 5.74) is 2.81. The molecule has 0 spiro atoms. The van der Waals surface area contributed by atoms with Crippen molar-refractivity contribution in [2.45, 2.75) is 38.6 Å². The van der Waals surface area contributed by atoms with E-state index in [0.29, 0.717) is 31.8 Å². The van der Waals surface area contributed by atoms with Crippen molar-refractivity contribution in [1.82, 2.24) is 15.2 Å². The number of nitrogens with zero attached hydrogens (tertiary/aromatic N) is 5. The van der Waals surface area contributed by atoms with Gasteiger partial charge in [-0.3, -0.25) is 19.8 Å². The van der Waals surface area contributed by atoms with Gasteiger partial charge in [-0.25, -0.2) is 8.78 Å². The van der Waals surface area contributed by atoms with Crippen molar-refractivity contribution < 1.29 is 23.0 Å². The van der Waals surface area contributed by atoms with Crippen LogP contribution in [0.4, 0.5) is 14.5 Å². The maximum Gasteiger partial charge on any atom is 0.246 e. The van der Waals surface area contributed by atoms with E-state index in [0.717, 1.165) is 53.1 Å². The first-order valence-electron chi connectivity index (χ1n) is 14.1. The average Bonchev–Trinajstić information content (AvgIpc) is 3.24. The highest BCUT2D eigenvalue weighted by molar-refractivity contribution is 6.41. The smallest absolute Gasteiger partial charge is 0.246 e. The van der Waals surface area contributed by atoms with Crippen molar-refractivity contribution in [2.75, 3.05) is 39.2 Å². The number of allylic oxidation sites excluding steroid dienone is 1. The number of fused-ring (bicyclic) bond motifs is 1. The first-order valence-corrected chi connectivity index (χ1v) is 14.1. The van der Waals surface area contributed by atoms with Crippen molar-refractivity contribution >= 4 is 29.5 Å². The number of carbonyl (C=O) groups excluding carboxylic acids is 1. The first-order chi connectivity index (χ1) is 20.9. The van der Waals surface area contributed by atoms with Crippen LogP contribution < -0.4 is 20.1 Å². The van der Waals surface area contributed by atoms with Gasteiger partial charge in [0, 0.05) is 37.4 Å². The number of halogens is 2. The summed E-state index contributed by atoms with van der Waals surface area (Å²) in [6.07, 6.45) is 8.54. The Labute approximate surface area is 249 Å². The highest BCUT2D eigenvalue weighted by atomic mass is 19.2. The molecule has 2 N–H and O–H groups in total. The molecule has 3 aliphatic heterocycles. The molecule has 2 aromatic rings. The molecule has 0 saturated heterocycles. The number of anilines is 1. The molecule has 3 heterocycles. The van der Waals surface area contributed by atoms with E-state index < -0.39 is 17.5 Å². The summed E-state index contributed by atoms with van der Waals surface area (Å²) in [6.45, 7) is 2.96. The molecule has 1 unspecified atom stereocenters. The summed E-state index contributed by atoms with van der Waals surface area (Å²) < 4.78 is 38.5. The summed E-state index contributed by atoms with van der Waals surface area (Å²) in [5, 5.41) is 11.8. The summed E-state index contributed by atoms with van der Waals surface area (Å²) >= 11 is 0. The van der Waals surface area contributed by atoms with Crippen LogP contribution in [0.15, 0.2) is 75.2 Å². The second kappa shape index (κ2) is 13.5. The summed E-state index contributed by atoms with van der Waals surface area (Å²) in [6, 6.07) is 9.36. The Bertz CT molecular complexity index is 1520. The van der Waals surface area contributed by atoms with E-state index in [1.807, 2.05) is 37.5 Å². The molecule has 0 fully saturated rings. The molecule has 0 radical (unpaired) electrons. The topological polar surface area (TPSA) is 103 Å². The van der Waals surface area contributed by atoms with E-state index in [4.69, 9.17) is 19.5 Å². The zero-order valence-electron chi connectivity index (χ0n) is 24.4. The molecule has 0 bridgehead atoms. The SMILES string of the molecule is COc1ccc(OC)c(CCN=C2NC(C)=CN3C2=NCCC3C2=CN(CC(=O)Nc3cccc(F)c3F)N=CCC2)c1. The standard InChI is InChI=1S/C31H35F2N7O3/c1-20-17-40-26(22-6-5-13-36-39(18-22)19-28(41)38-25-8-4-7-24(32)29(25)33)12-15-35-31(40)30(37-20)34-14-11-21-16-23(42-2)9-10-27(21)43-3/h4,7-10,13,16-18,26H,5-6,11-12,14-15,19H2,1-3H3,(H,34,37)(H,38,41). The average molecular weight is 592 g/mol. The van der Waals surface area contributed by atoms with Crippen LogP contribution in [0, 0.1) is 11.6 Å². The number of amidine groups is 2. The van der Waals surface area contributed by atoms with Crippen LogP contribution in [-0.2, 0) is 11.2 Å². The number of methoxy groups -OCH3 is 2. The predicted molar refractivity (Wildman–Crippen MR) is 162 cm³/mol. The van der Waals surface area contributed by atoms with Gasteiger partial charge in [-0.05, 0) is 74.1 Å². The third-order valence-electron chi connectivity index (χ3n) is 7.31. The first kappa shape index (κ1) is 29.7. The second-order valence-electron chi connectivity index (χ2n) is 10.3. The quantitative estimate of drug-likeness (QED) is 0.447. The minimum atomic E-state index is -1.10. The van der Waals surface area contributed by atoms with Gasteiger partial charge in [-0.2, -0.15) is 5.10 Å². The minimum Gasteiger partial charge on any atom is -0.497 e. The van der Waals surface area contributed by atoms with Crippen LogP contribution >= 0.6 is 0 Å². The Morgan fingerprint density at radius 2 is 2.05 bits per heavy atom. The number of hydrogen-bond donors (Lipinski definition) is 2.